The van der Waals surface area contributed by atoms with Crippen LogP contribution in [0.1, 0.15) is 0 Å². The third kappa shape index (κ3) is 2.56. The number of rotatable bonds is 2. The third-order valence-electron chi connectivity index (χ3n) is 2.93. The van der Waals surface area contributed by atoms with Crippen molar-refractivity contribution in [3.05, 3.63) is 65.1 Å². The molecular weight excluding hydrogens is 314 g/mol. The molecule has 0 unspecified atom stereocenters. The lowest BCUT2D eigenvalue weighted by Crippen LogP contribution is -1.98. The van der Waals surface area contributed by atoms with Crippen molar-refractivity contribution < 1.29 is 0 Å². The first-order chi connectivity index (χ1) is 9.74. The van der Waals surface area contributed by atoms with Gasteiger partial charge in [-0.3, -0.25) is 0 Å². The van der Waals surface area contributed by atoms with E-state index in [2.05, 4.69) is 25.9 Å². The number of anilines is 1. The van der Waals surface area contributed by atoms with Crippen molar-refractivity contribution in [2.75, 3.05) is 5.73 Å². The summed E-state index contributed by atoms with van der Waals surface area (Å²) in [5.41, 5.74) is 8.68. The molecule has 0 atom stereocenters. The van der Waals surface area contributed by atoms with Crippen LogP contribution < -0.4 is 5.73 Å². The minimum atomic E-state index is 0.463. The predicted molar refractivity (Wildman–Crippen MR) is 85.0 cm³/mol. The summed E-state index contributed by atoms with van der Waals surface area (Å²) in [7, 11) is 0. The molecule has 1 heterocycles. The maximum atomic E-state index is 5.92. The van der Waals surface area contributed by atoms with Gasteiger partial charge in [0.2, 0.25) is 0 Å². The number of nitrogens with two attached hydrogens (primary N) is 1. The lowest BCUT2D eigenvalue weighted by atomic mass is 10.1. The van der Waals surface area contributed by atoms with E-state index in [0.717, 1.165) is 21.3 Å². The predicted octanol–water partition coefficient (Wildman–Crippen LogP) is 4.16. The van der Waals surface area contributed by atoms with Crippen LogP contribution in [-0.4, -0.2) is 9.97 Å². The molecule has 0 saturated carbocycles. The normalized spacial score (nSPS) is 10.4. The molecule has 3 aromatic rings. The Kier molecular flexibility index (Phi) is 3.48. The lowest BCUT2D eigenvalue weighted by molar-refractivity contribution is 1.19. The summed E-state index contributed by atoms with van der Waals surface area (Å²) in [6.07, 6.45) is 0. The number of nitrogens with zero attached hydrogens (tertiary/aromatic N) is 2. The van der Waals surface area contributed by atoms with Crippen LogP contribution in [0.2, 0.25) is 0 Å². The van der Waals surface area contributed by atoms with Crippen molar-refractivity contribution in [3.63, 3.8) is 0 Å². The van der Waals surface area contributed by atoms with Crippen LogP contribution in [0.5, 0.6) is 0 Å². The first-order valence-electron chi connectivity index (χ1n) is 6.19. The Labute approximate surface area is 125 Å². The van der Waals surface area contributed by atoms with Gasteiger partial charge in [0.15, 0.2) is 5.82 Å². The molecule has 0 amide bonds. The Bertz CT molecular complexity index is 742. The van der Waals surface area contributed by atoms with Crippen LogP contribution in [0.25, 0.3) is 22.6 Å². The highest BCUT2D eigenvalue weighted by molar-refractivity contribution is 9.10. The van der Waals surface area contributed by atoms with Crippen molar-refractivity contribution >= 4 is 21.7 Å². The number of halogens is 1. The van der Waals surface area contributed by atoms with Crippen LogP contribution in [0.15, 0.2) is 65.1 Å². The smallest absolute Gasteiger partial charge is 0.162 e. The minimum Gasteiger partial charge on any atom is -0.384 e. The molecule has 1 aromatic heterocycles. The first kappa shape index (κ1) is 12.8. The van der Waals surface area contributed by atoms with E-state index in [9.17, 15) is 0 Å². The molecule has 0 bridgehead atoms. The van der Waals surface area contributed by atoms with E-state index in [1.165, 1.54) is 0 Å². The summed E-state index contributed by atoms with van der Waals surface area (Å²) in [4.78, 5) is 8.92. The second-order valence-electron chi connectivity index (χ2n) is 4.35. The average molecular weight is 326 g/mol. The van der Waals surface area contributed by atoms with Gasteiger partial charge < -0.3 is 5.73 Å². The second-order valence-corrected chi connectivity index (χ2v) is 5.20. The molecule has 3 nitrogen and oxygen atoms in total. The Morgan fingerprint density at radius 1 is 0.850 bits per heavy atom. The first-order valence-corrected chi connectivity index (χ1v) is 6.98. The highest BCUT2D eigenvalue weighted by Crippen LogP contribution is 2.28. The summed E-state index contributed by atoms with van der Waals surface area (Å²) in [5, 5.41) is 0. The third-order valence-corrected chi connectivity index (χ3v) is 3.62. The Morgan fingerprint density at radius 2 is 1.55 bits per heavy atom. The van der Waals surface area contributed by atoms with E-state index in [4.69, 9.17) is 5.73 Å². The zero-order valence-electron chi connectivity index (χ0n) is 10.6. The van der Waals surface area contributed by atoms with Crippen LogP contribution in [0.3, 0.4) is 0 Å². The lowest BCUT2D eigenvalue weighted by Gasteiger charge is -2.07. The molecule has 3 rings (SSSR count). The topological polar surface area (TPSA) is 51.8 Å². The van der Waals surface area contributed by atoms with E-state index in [1.807, 2.05) is 54.6 Å². The zero-order chi connectivity index (χ0) is 13.9. The number of hydrogen-bond donors (Lipinski definition) is 1. The standard InChI is InChI=1S/C16H12BrN3/c17-13-9-5-4-8-12(13)14-10-15(18)20-16(19-14)11-6-2-1-3-7-11/h1-10H,(H2,18,19,20). The molecule has 2 N–H and O–H groups in total. The molecule has 98 valence electrons. The van der Waals surface area contributed by atoms with Gasteiger partial charge in [0.1, 0.15) is 5.82 Å². The van der Waals surface area contributed by atoms with E-state index >= 15 is 0 Å². The molecule has 0 aliphatic rings. The molecule has 0 saturated heterocycles. The van der Waals surface area contributed by atoms with Gasteiger partial charge >= 0.3 is 0 Å². The summed E-state index contributed by atoms with van der Waals surface area (Å²) in [6, 6.07) is 19.5. The van der Waals surface area contributed by atoms with Crippen molar-refractivity contribution in [2.24, 2.45) is 0 Å². The van der Waals surface area contributed by atoms with Crippen LogP contribution in [0.4, 0.5) is 5.82 Å². The van der Waals surface area contributed by atoms with Crippen LogP contribution in [0, 0.1) is 0 Å². The Hall–Kier alpha value is -2.20. The Morgan fingerprint density at radius 3 is 2.30 bits per heavy atom. The van der Waals surface area contributed by atoms with Crippen LogP contribution in [-0.2, 0) is 0 Å². The van der Waals surface area contributed by atoms with Crippen LogP contribution >= 0.6 is 15.9 Å². The number of nitrogen functional groups attached to an aromatic ring is 1. The maximum Gasteiger partial charge on any atom is 0.162 e. The van der Waals surface area contributed by atoms with Crippen molar-refractivity contribution in [2.45, 2.75) is 0 Å². The molecule has 0 radical (unpaired) electrons. The number of hydrogen-bond acceptors (Lipinski definition) is 3. The largest absolute Gasteiger partial charge is 0.384 e. The molecule has 0 fully saturated rings. The zero-order valence-corrected chi connectivity index (χ0v) is 12.2. The fraction of sp³-hybridized carbons (Fsp3) is 0. The fourth-order valence-electron chi connectivity index (χ4n) is 1.99. The van der Waals surface area contributed by atoms with Gasteiger partial charge in [0, 0.05) is 21.7 Å². The van der Waals surface area contributed by atoms with E-state index < -0.39 is 0 Å². The van der Waals surface area contributed by atoms with E-state index in [0.29, 0.717) is 11.6 Å². The maximum absolute atomic E-state index is 5.92. The molecule has 0 spiro atoms. The quantitative estimate of drug-likeness (QED) is 0.769. The Balaban J connectivity index is 2.15. The summed E-state index contributed by atoms with van der Waals surface area (Å²) >= 11 is 3.54. The van der Waals surface area contributed by atoms with Gasteiger partial charge in [-0.05, 0) is 6.07 Å². The molecule has 20 heavy (non-hydrogen) atoms. The van der Waals surface area contributed by atoms with Crippen molar-refractivity contribution in [1.82, 2.24) is 9.97 Å². The monoisotopic (exact) mass is 325 g/mol. The van der Waals surface area contributed by atoms with Gasteiger partial charge in [-0.2, -0.15) is 0 Å². The summed E-state index contributed by atoms with van der Waals surface area (Å²) in [6.45, 7) is 0. The SMILES string of the molecule is Nc1cc(-c2ccccc2Br)nc(-c2ccccc2)n1. The van der Waals surface area contributed by atoms with Crippen molar-refractivity contribution in [1.29, 1.82) is 0 Å². The van der Waals surface area contributed by atoms with Gasteiger partial charge in [0.25, 0.3) is 0 Å². The van der Waals surface area contributed by atoms with Gasteiger partial charge in [-0.15, -0.1) is 0 Å². The molecule has 0 aliphatic heterocycles. The molecule has 4 heteroatoms. The average Bonchev–Trinajstić information content (AvgIpc) is 2.48. The molecular formula is C16H12BrN3. The molecule has 2 aromatic carbocycles. The minimum absolute atomic E-state index is 0.463. The van der Waals surface area contributed by atoms with E-state index in [1.54, 1.807) is 6.07 Å². The second kappa shape index (κ2) is 5.43. The van der Waals surface area contributed by atoms with Gasteiger partial charge in [0.05, 0.1) is 5.69 Å². The molecule has 0 aliphatic carbocycles. The number of aromatic nitrogens is 2. The summed E-state index contributed by atoms with van der Waals surface area (Å²) < 4.78 is 0.983. The van der Waals surface area contributed by atoms with Gasteiger partial charge in [-0.25, -0.2) is 9.97 Å². The number of benzene rings is 2. The highest BCUT2D eigenvalue weighted by Gasteiger charge is 2.09. The summed E-state index contributed by atoms with van der Waals surface area (Å²) in [5.74, 6) is 1.10. The van der Waals surface area contributed by atoms with E-state index in [-0.39, 0.29) is 0 Å². The fourth-order valence-corrected chi connectivity index (χ4v) is 2.48. The van der Waals surface area contributed by atoms with Crippen molar-refractivity contribution in [3.8, 4) is 22.6 Å². The van der Waals surface area contributed by atoms with Gasteiger partial charge in [-0.1, -0.05) is 64.5 Å². The highest BCUT2D eigenvalue weighted by atomic mass is 79.9.